The highest BCUT2D eigenvalue weighted by Crippen LogP contribution is 2.23. The molecule has 1 aromatic heterocycles. The molecule has 1 saturated heterocycles. The smallest absolute Gasteiger partial charge is 0.410 e. The SMILES string of the molecule is COc1ccc(Cc2cccc(C=C3CCN(C(=O)OC(C)(C)C)CC3)c2)c(C)n1. The summed E-state index contributed by atoms with van der Waals surface area (Å²) >= 11 is 0. The summed E-state index contributed by atoms with van der Waals surface area (Å²) in [5.41, 5.74) is 5.57. The van der Waals surface area contributed by atoms with E-state index in [1.165, 1.54) is 22.3 Å². The van der Waals surface area contributed by atoms with E-state index >= 15 is 0 Å². The fourth-order valence-electron chi connectivity index (χ4n) is 3.56. The molecule has 1 aliphatic rings. The van der Waals surface area contributed by atoms with Crippen molar-refractivity contribution in [2.75, 3.05) is 20.2 Å². The minimum atomic E-state index is -0.453. The number of ether oxygens (including phenoxy) is 2. The number of hydrogen-bond donors (Lipinski definition) is 0. The number of hydrogen-bond acceptors (Lipinski definition) is 4. The summed E-state index contributed by atoms with van der Waals surface area (Å²) in [6.45, 7) is 9.13. The van der Waals surface area contributed by atoms with E-state index in [0.717, 1.165) is 25.0 Å². The highest BCUT2D eigenvalue weighted by Gasteiger charge is 2.24. The molecular weight excluding hydrogens is 376 g/mol. The first-order valence-corrected chi connectivity index (χ1v) is 10.5. The Morgan fingerprint density at radius 2 is 1.90 bits per heavy atom. The average Bonchev–Trinajstić information content (AvgIpc) is 2.69. The molecule has 0 N–H and O–H groups in total. The number of benzene rings is 1. The van der Waals surface area contributed by atoms with Crippen molar-refractivity contribution >= 4 is 12.2 Å². The highest BCUT2D eigenvalue weighted by atomic mass is 16.6. The second-order valence-electron chi connectivity index (χ2n) is 8.79. The second kappa shape index (κ2) is 9.33. The molecule has 1 fully saturated rings. The maximum absolute atomic E-state index is 12.2. The lowest BCUT2D eigenvalue weighted by Crippen LogP contribution is -2.40. The predicted molar refractivity (Wildman–Crippen MR) is 120 cm³/mol. The van der Waals surface area contributed by atoms with Crippen LogP contribution in [0, 0.1) is 6.92 Å². The zero-order valence-corrected chi connectivity index (χ0v) is 18.7. The van der Waals surface area contributed by atoms with Crippen LogP contribution < -0.4 is 4.74 Å². The Bertz CT molecular complexity index is 918. The van der Waals surface area contributed by atoms with Gasteiger partial charge in [0, 0.05) is 24.8 Å². The Morgan fingerprint density at radius 1 is 1.17 bits per heavy atom. The topological polar surface area (TPSA) is 51.7 Å². The summed E-state index contributed by atoms with van der Waals surface area (Å²) in [5, 5.41) is 0. The molecule has 1 aliphatic heterocycles. The van der Waals surface area contributed by atoms with Crippen LogP contribution in [0.3, 0.4) is 0 Å². The molecule has 0 saturated carbocycles. The summed E-state index contributed by atoms with van der Waals surface area (Å²) in [6, 6.07) is 12.6. The van der Waals surface area contributed by atoms with Crippen molar-refractivity contribution in [3.8, 4) is 5.88 Å². The van der Waals surface area contributed by atoms with E-state index in [1.54, 1.807) is 12.0 Å². The van der Waals surface area contributed by atoms with E-state index in [-0.39, 0.29) is 6.09 Å². The third-order valence-electron chi connectivity index (χ3n) is 5.15. The van der Waals surface area contributed by atoms with Gasteiger partial charge in [-0.2, -0.15) is 0 Å². The molecule has 5 heteroatoms. The van der Waals surface area contributed by atoms with E-state index in [9.17, 15) is 4.79 Å². The number of nitrogens with zero attached hydrogens (tertiary/aromatic N) is 2. The quantitative estimate of drug-likeness (QED) is 0.679. The zero-order chi connectivity index (χ0) is 21.7. The van der Waals surface area contributed by atoms with E-state index < -0.39 is 5.60 Å². The molecule has 1 amide bonds. The molecule has 0 unspecified atom stereocenters. The van der Waals surface area contributed by atoms with Gasteiger partial charge in [-0.1, -0.05) is 42.0 Å². The fourth-order valence-corrected chi connectivity index (χ4v) is 3.56. The molecule has 2 heterocycles. The number of methoxy groups -OCH3 is 1. The van der Waals surface area contributed by atoms with E-state index in [2.05, 4.69) is 41.4 Å². The first-order valence-electron chi connectivity index (χ1n) is 10.5. The average molecular weight is 409 g/mol. The van der Waals surface area contributed by atoms with Crippen molar-refractivity contribution in [3.63, 3.8) is 0 Å². The number of aromatic nitrogens is 1. The number of rotatable bonds is 4. The molecule has 2 aromatic rings. The van der Waals surface area contributed by atoms with Crippen molar-refractivity contribution in [1.29, 1.82) is 0 Å². The van der Waals surface area contributed by atoms with Crippen molar-refractivity contribution in [2.45, 2.75) is 52.6 Å². The third-order valence-corrected chi connectivity index (χ3v) is 5.15. The molecule has 5 nitrogen and oxygen atoms in total. The first kappa shape index (κ1) is 21.9. The number of amides is 1. The summed E-state index contributed by atoms with van der Waals surface area (Å²) in [7, 11) is 1.64. The Hall–Kier alpha value is -2.82. The largest absolute Gasteiger partial charge is 0.481 e. The van der Waals surface area contributed by atoms with Crippen molar-refractivity contribution < 1.29 is 14.3 Å². The molecule has 3 rings (SSSR count). The third kappa shape index (κ3) is 6.09. The van der Waals surface area contributed by atoms with Crippen LogP contribution in [0.4, 0.5) is 4.79 Å². The molecule has 0 aliphatic carbocycles. The van der Waals surface area contributed by atoms with E-state index in [1.807, 2.05) is 33.8 Å². The van der Waals surface area contributed by atoms with Gasteiger partial charge >= 0.3 is 6.09 Å². The van der Waals surface area contributed by atoms with Crippen molar-refractivity contribution in [3.05, 3.63) is 64.4 Å². The summed E-state index contributed by atoms with van der Waals surface area (Å²) < 4.78 is 10.7. The Labute approximate surface area is 179 Å². The maximum atomic E-state index is 12.2. The van der Waals surface area contributed by atoms with E-state index in [4.69, 9.17) is 9.47 Å². The molecule has 0 radical (unpaired) electrons. The Balaban J connectivity index is 1.63. The van der Waals surface area contributed by atoms with E-state index in [0.29, 0.717) is 19.0 Å². The van der Waals surface area contributed by atoms with Crippen LogP contribution in [-0.2, 0) is 11.2 Å². The standard InChI is InChI=1S/C25H32N2O3/c1-18-22(9-10-23(26-18)29-5)17-21-8-6-7-20(16-21)15-19-11-13-27(14-12-19)24(28)30-25(2,3)4/h6-10,15-16H,11-14,17H2,1-5H3. The number of carbonyl (C=O) groups excluding carboxylic acids is 1. The van der Waals surface area contributed by atoms with Gasteiger partial charge in [-0.3, -0.25) is 0 Å². The Morgan fingerprint density at radius 3 is 2.53 bits per heavy atom. The van der Waals surface area contributed by atoms with Gasteiger partial charge in [-0.05, 0) is 63.6 Å². The van der Waals surface area contributed by atoms with Crippen LogP contribution in [0.5, 0.6) is 5.88 Å². The van der Waals surface area contributed by atoms with Gasteiger partial charge in [0.2, 0.25) is 5.88 Å². The second-order valence-corrected chi connectivity index (χ2v) is 8.79. The minimum absolute atomic E-state index is 0.216. The predicted octanol–water partition coefficient (Wildman–Crippen LogP) is 5.40. The summed E-state index contributed by atoms with van der Waals surface area (Å²) in [6.07, 6.45) is 4.64. The lowest BCUT2D eigenvalue weighted by molar-refractivity contribution is 0.0237. The first-order chi connectivity index (χ1) is 14.2. The molecule has 1 aromatic carbocycles. The van der Waals surface area contributed by atoms with Crippen LogP contribution in [0.15, 0.2) is 42.0 Å². The fraction of sp³-hybridized carbons (Fsp3) is 0.440. The maximum Gasteiger partial charge on any atom is 0.410 e. The lowest BCUT2D eigenvalue weighted by atomic mass is 9.98. The van der Waals surface area contributed by atoms with Crippen LogP contribution in [0.25, 0.3) is 6.08 Å². The van der Waals surface area contributed by atoms with Gasteiger partial charge in [-0.15, -0.1) is 0 Å². The van der Waals surface area contributed by atoms with Gasteiger partial charge in [0.05, 0.1) is 7.11 Å². The van der Waals surface area contributed by atoms with Crippen LogP contribution in [-0.4, -0.2) is 41.8 Å². The van der Waals surface area contributed by atoms with Gasteiger partial charge in [-0.25, -0.2) is 9.78 Å². The minimum Gasteiger partial charge on any atom is -0.481 e. The van der Waals surface area contributed by atoms with Gasteiger partial charge in [0.15, 0.2) is 0 Å². The number of likely N-dealkylation sites (tertiary alicyclic amines) is 1. The van der Waals surface area contributed by atoms with Gasteiger partial charge in [0.1, 0.15) is 5.60 Å². The van der Waals surface area contributed by atoms with Crippen molar-refractivity contribution in [2.24, 2.45) is 0 Å². The number of piperidine rings is 1. The Kier molecular flexibility index (Phi) is 6.80. The van der Waals surface area contributed by atoms with Gasteiger partial charge in [0.25, 0.3) is 0 Å². The van der Waals surface area contributed by atoms with Gasteiger partial charge < -0.3 is 14.4 Å². The monoisotopic (exact) mass is 408 g/mol. The van der Waals surface area contributed by atoms with Crippen molar-refractivity contribution in [1.82, 2.24) is 9.88 Å². The highest BCUT2D eigenvalue weighted by molar-refractivity contribution is 5.68. The lowest BCUT2D eigenvalue weighted by Gasteiger charge is -2.31. The molecule has 0 spiro atoms. The molecule has 0 atom stereocenters. The summed E-state index contributed by atoms with van der Waals surface area (Å²) in [5.74, 6) is 0.646. The number of pyridine rings is 1. The molecule has 0 bridgehead atoms. The zero-order valence-electron chi connectivity index (χ0n) is 18.7. The molecular formula is C25H32N2O3. The number of carbonyl (C=O) groups is 1. The molecule has 160 valence electrons. The summed E-state index contributed by atoms with van der Waals surface area (Å²) in [4.78, 5) is 18.5. The van der Waals surface area contributed by atoms with Crippen LogP contribution in [0.2, 0.25) is 0 Å². The molecule has 30 heavy (non-hydrogen) atoms. The normalized spacial score (nSPS) is 14.4. The van der Waals surface area contributed by atoms with Crippen LogP contribution >= 0.6 is 0 Å². The number of aryl methyl sites for hydroxylation is 1. The van der Waals surface area contributed by atoms with Crippen LogP contribution in [0.1, 0.15) is 56.0 Å².